The van der Waals surface area contributed by atoms with E-state index in [1.54, 1.807) is 0 Å². The summed E-state index contributed by atoms with van der Waals surface area (Å²) in [6.07, 6.45) is -6.22. The molecule has 0 aliphatic heterocycles. The van der Waals surface area contributed by atoms with Crippen LogP contribution in [0.3, 0.4) is 0 Å². The van der Waals surface area contributed by atoms with Gasteiger partial charge in [0.25, 0.3) is 5.91 Å². The SMILES string of the molecule is COc1cc2c(CC(=O)O)c(C)n(C(=O)c3ccc(SC(F)(F)C(F)(F)F)cc3)c2cc1F. The van der Waals surface area contributed by atoms with Crippen molar-refractivity contribution in [3.8, 4) is 5.75 Å². The first-order valence-corrected chi connectivity index (χ1v) is 9.96. The van der Waals surface area contributed by atoms with E-state index in [-0.39, 0.29) is 33.5 Å². The standard InChI is InChI=1S/C21H15F6NO4S/c1-10-13(8-18(29)30)14-7-17(32-2)15(22)9-16(14)28(10)19(31)11-3-5-12(6-4-11)33-21(26,27)20(23,24)25/h3-7,9H,8H2,1-2H3,(H,29,30). The fourth-order valence-electron chi connectivity index (χ4n) is 3.27. The monoisotopic (exact) mass is 491 g/mol. The molecule has 0 amide bonds. The van der Waals surface area contributed by atoms with Crippen molar-refractivity contribution in [1.29, 1.82) is 0 Å². The number of alkyl halides is 5. The molecule has 0 fully saturated rings. The number of carbonyl (C=O) groups excluding carboxylic acids is 1. The molecule has 0 aliphatic carbocycles. The van der Waals surface area contributed by atoms with Crippen LogP contribution >= 0.6 is 11.8 Å². The molecule has 0 spiro atoms. The lowest BCUT2D eigenvalue weighted by atomic mass is 10.1. The lowest BCUT2D eigenvalue weighted by Crippen LogP contribution is -2.32. The van der Waals surface area contributed by atoms with Crippen molar-refractivity contribution in [2.75, 3.05) is 7.11 Å². The summed E-state index contributed by atoms with van der Waals surface area (Å²) in [5.74, 6) is -2.91. The number of fused-ring (bicyclic) bond motifs is 1. The van der Waals surface area contributed by atoms with Crippen LogP contribution in [-0.4, -0.2) is 40.1 Å². The Kier molecular flexibility index (Phi) is 6.42. The second kappa shape index (κ2) is 8.65. The first kappa shape index (κ1) is 24.5. The number of carboxylic acids is 1. The van der Waals surface area contributed by atoms with Crippen LogP contribution in [0, 0.1) is 12.7 Å². The van der Waals surface area contributed by atoms with Gasteiger partial charge in [0.2, 0.25) is 0 Å². The number of aromatic nitrogens is 1. The summed E-state index contributed by atoms with van der Waals surface area (Å²) in [7, 11) is 1.22. The van der Waals surface area contributed by atoms with Gasteiger partial charge in [-0.3, -0.25) is 14.2 Å². The van der Waals surface area contributed by atoms with Gasteiger partial charge in [0.05, 0.1) is 19.0 Å². The zero-order valence-electron chi connectivity index (χ0n) is 17.0. The molecule has 5 nitrogen and oxygen atoms in total. The Morgan fingerprint density at radius 1 is 1.09 bits per heavy atom. The van der Waals surface area contributed by atoms with Crippen LogP contribution in [0.4, 0.5) is 26.3 Å². The number of benzene rings is 2. The van der Waals surface area contributed by atoms with E-state index in [4.69, 9.17) is 4.74 Å². The number of aliphatic carboxylic acids is 1. The van der Waals surface area contributed by atoms with E-state index in [2.05, 4.69) is 0 Å². The van der Waals surface area contributed by atoms with Crippen LogP contribution < -0.4 is 4.74 Å². The van der Waals surface area contributed by atoms with Gasteiger partial charge >= 0.3 is 17.4 Å². The van der Waals surface area contributed by atoms with Gasteiger partial charge in [-0.05, 0) is 54.6 Å². The van der Waals surface area contributed by atoms with Gasteiger partial charge in [0.15, 0.2) is 11.6 Å². The number of methoxy groups -OCH3 is 1. The van der Waals surface area contributed by atoms with Crippen molar-refractivity contribution in [3.63, 3.8) is 0 Å². The van der Waals surface area contributed by atoms with Crippen LogP contribution in [0.15, 0.2) is 41.3 Å². The maximum atomic E-state index is 14.3. The minimum atomic E-state index is -5.75. The summed E-state index contributed by atoms with van der Waals surface area (Å²) in [5, 5.41) is 4.48. The highest BCUT2D eigenvalue weighted by molar-refractivity contribution is 8.00. The second-order valence-corrected chi connectivity index (χ2v) is 8.11. The van der Waals surface area contributed by atoms with Gasteiger partial charge in [0.1, 0.15) is 0 Å². The van der Waals surface area contributed by atoms with Gasteiger partial charge < -0.3 is 9.84 Å². The molecule has 176 valence electrons. The molecule has 2 aromatic carbocycles. The molecular weight excluding hydrogens is 476 g/mol. The number of nitrogens with zero attached hydrogens (tertiary/aromatic N) is 1. The van der Waals surface area contributed by atoms with Gasteiger partial charge in [-0.2, -0.15) is 22.0 Å². The van der Waals surface area contributed by atoms with E-state index in [0.29, 0.717) is 0 Å². The van der Waals surface area contributed by atoms with Crippen molar-refractivity contribution in [2.24, 2.45) is 0 Å². The minimum absolute atomic E-state index is 0.0501. The third kappa shape index (κ3) is 4.65. The molecule has 0 atom stereocenters. The van der Waals surface area contributed by atoms with E-state index in [1.807, 2.05) is 0 Å². The summed E-state index contributed by atoms with van der Waals surface area (Å²) in [4.78, 5) is 24.0. The molecule has 1 heterocycles. The summed E-state index contributed by atoms with van der Waals surface area (Å²) < 4.78 is 84.1. The van der Waals surface area contributed by atoms with Crippen LogP contribution in [0.25, 0.3) is 10.9 Å². The molecule has 1 N–H and O–H groups in total. The Balaban J connectivity index is 2.06. The average molecular weight is 491 g/mol. The van der Waals surface area contributed by atoms with Crippen LogP contribution in [-0.2, 0) is 11.2 Å². The summed E-state index contributed by atoms with van der Waals surface area (Å²) in [5.41, 5.74) is 0.398. The Bertz CT molecular complexity index is 1230. The lowest BCUT2D eigenvalue weighted by Gasteiger charge is -2.18. The highest BCUT2D eigenvalue weighted by Crippen LogP contribution is 2.47. The Morgan fingerprint density at radius 3 is 2.21 bits per heavy atom. The van der Waals surface area contributed by atoms with Crippen molar-refractivity contribution < 1.29 is 45.8 Å². The van der Waals surface area contributed by atoms with Crippen LogP contribution in [0.5, 0.6) is 5.75 Å². The molecular formula is C21H15F6NO4S. The van der Waals surface area contributed by atoms with E-state index in [9.17, 15) is 41.0 Å². The minimum Gasteiger partial charge on any atom is -0.494 e. The molecule has 0 radical (unpaired) electrons. The molecule has 0 saturated carbocycles. The molecule has 3 aromatic rings. The smallest absolute Gasteiger partial charge is 0.464 e. The maximum Gasteiger partial charge on any atom is 0.464 e. The number of carbonyl (C=O) groups is 2. The van der Waals surface area contributed by atoms with E-state index < -0.39 is 52.2 Å². The average Bonchev–Trinajstić information content (AvgIpc) is 2.96. The normalized spacial score (nSPS) is 12.2. The van der Waals surface area contributed by atoms with Crippen LogP contribution in [0.1, 0.15) is 21.6 Å². The summed E-state index contributed by atoms with van der Waals surface area (Å²) >= 11 is -0.713. The third-order valence-corrected chi connectivity index (χ3v) is 5.81. The number of hydrogen-bond donors (Lipinski definition) is 1. The second-order valence-electron chi connectivity index (χ2n) is 6.92. The summed E-state index contributed by atoms with van der Waals surface area (Å²) in [6, 6.07) is 6.23. The van der Waals surface area contributed by atoms with Crippen molar-refractivity contribution in [3.05, 3.63) is 59.0 Å². The van der Waals surface area contributed by atoms with Crippen molar-refractivity contribution >= 4 is 34.5 Å². The number of carboxylic acid groups (broad SMARTS) is 1. The molecule has 1 aromatic heterocycles. The lowest BCUT2D eigenvalue weighted by molar-refractivity contribution is -0.237. The molecule has 0 saturated heterocycles. The van der Waals surface area contributed by atoms with Gasteiger partial charge in [-0.1, -0.05) is 0 Å². The van der Waals surface area contributed by atoms with Crippen molar-refractivity contribution in [1.82, 2.24) is 4.57 Å². The Hall–Kier alpha value is -3.15. The number of rotatable bonds is 6. The van der Waals surface area contributed by atoms with Crippen molar-refractivity contribution in [2.45, 2.75) is 29.7 Å². The highest BCUT2D eigenvalue weighted by Gasteiger charge is 2.58. The predicted octanol–water partition coefficient (Wildman–Crippen LogP) is 5.66. The fraction of sp³-hybridized carbons (Fsp3) is 0.238. The quantitative estimate of drug-likeness (QED) is 0.356. The number of ether oxygens (including phenoxy) is 1. The van der Waals surface area contributed by atoms with E-state index >= 15 is 0 Å². The predicted molar refractivity (Wildman–Crippen MR) is 108 cm³/mol. The number of hydrogen-bond acceptors (Lipinski definition) is 4. The zero-order valence-corrected chi connectivity index (χ0v) is 17.8. The zero-order chi connectivity index (χ0) is 24.7. The first-order chi connectivity index (χ1) is 15.3. The third-order valence-electron chi connectivity index (χ3n) is 4.82. The number of halogens is 6. The van der Waals surface area contributed by atoms with Gasteiger partial charge in [-0.25, -0.2) is 4.39 Å². The van der Waals surface area contributed by atoms with Gasteiger partial charge in [-0.15, -0.1) is 0 Å². The number of thioether (sulfide) groups is 1. The summed E-state index contributed by atoms with van der Waals surface area (Å²) in [6.45, 7) is 1.45. The molecule has 0 bridgehead atoms. The topological polar surface area (TPSA) is 68.5 Å². The highest BCUT2D eigenvalue weighted by atomic mass is 32.2. The molecule has 0 aliphatic rings. The molecule has 3 rings (SSSR count). The Labute approximate surface area is 186 Å². The molecule has 12 heteroatoms. The molecule has 33 heavy (non-hydrogen) atoms. The molecule has 0 unspecified atom stereocenters. The van der Waals surface area contributed by atoms with Crippen LogP contribution in [0.2, 0.25) is 0 Å². The van der Waals surface area contributed by atoms with Gasteiger partial charge in [0, 0.05) is 27.6 Å². The van der Waals surface area contributed by atoms with E-state index in [0.717, 1.165) is 34.9 Å². The maximum absolute atomic E-state index is 14.3. The largest absolute Gasteiger partial charge is 0.494 e. The fourth-order valence-corrected chi connectivity index (χ4v) is 3.96. The first-order valence-electron chi connectivity index (χ1n) is 9.14. The van der Waals surface area contributed by atoms with E-state index in [1.165, 1.54) is 20.1 Å². The Morgan fingerprint density at radius 2 is 1.70 bits per heavy atom.